The summed E-state index contributed by atoms with van der Waals surface area (Å²) in [6, 6.07) is 26.8. The topological polar surface area (TPSA) is 79.0 Å². The van der Waals surface area contributed by atoms with Gasteiger partial charge in [-0.25, -0.2) is 8.42 Å². The van der Waals surface area contributed by atoms with Crippen LogP contribution in [-0.4, -0.2) is 63.4 Å². The molecule has 0 saturated carbocycles. The Hall–Kier alpha value is -3.20. The van der Waals surface area contributed by atoms with Crippen molar-refractivity contribution in [2.24, 2.45) is 0 Å². The van der Waals surface area contributed by atoms with Crippen LogP contribution < -0.4 is 10.1 Å². The van der Waals surface area contributed by atoms with Crippen molar-refractivity contribution in [2.75, 3.05) is 39.8 Å². The van der Waals surface area contributed by atoms with Crippen LogP contribution in [0.2, 0.25) is 0 Å². The zero-order valence-corrected chi connectivity index (χ0v) is 20.7. The highest BCUT2D eigenvalue weighted by Crippen LogP contribution is 2.24. The van der Waals surface area contributed by atoms with E-state index in [2.05, 4.69) is 5.32 Å². The molecule has 0 spiro atoms. The maximum atomic E-state index is 13.0. The first-order valence-electron chi connectivity index (χ1n) is 11.7. The van der Waals surface area contributed by atoms with Gasteiger partial charge in [0.25, 0.3) is 0 Å². The van der Waals surface area contributed by atoms with E-state index in [9.17, 15) is 13.2 Å². The SMILES string of the molecule is COc1ccc([C@H](NCC(=O)N2CCN(S(=O)(=O)Cc3ccccc3)CC2)c2ccccc2)cc1. The maximum absolute atomic E-state index is 13.0. The van der Waals surface area contributed by atoms with Gasteiger partial charge >= 0.3 is 0 Å². The Bertz CT molecular complexity index is 1190. The lowest BCUT2D eigenvalue weighted by Gasteiger charge is -2.34. The third-order valence-electron chi connectivity index (χ3n) is 6.22. The van der Waals surface area contributed by atoms with Crippen LogP contribution in [0, 0.1) is 0 Å². The Labute approximate surface area is 207 Å². The van der Waals surface area contributed by atoms with E-state index in [0.717, 1.165) is 22.4 Å². The summed E-state index contributed by atoms with van der Waals surface area (Å²) in [6.07, 6.45) is 0. The number of sulfonamides is 1. The van der Waals surface area contributed by atoms with Crippen molar-refractivity contribution in [1.29, 1.82) is 0 Å². The molecule has 184 valence electrons. The summed E-state index contributed by atoms with van der Waals surface area (Å²) in [4.78, 5) is 14.7. The molecule has 1 aliphatic heterocycles. The third kappa shape index (κ3) is 6.48. The molecular formula is C27H31N3O4S. The number of methoxy groups -OCH3 is 1. The molecule has 1 N–H and O–H groups in total. The smallest absolute Gasteiger partial charge is 0.236 e. The van der Waals surface area contributed by atoms with Gasteiger partial charge in [-0.1, -0.05) is 72.8 Å². The Morgan fingerprint density at radius 1 is 0.857 bits per heavy atom. The zero-order chi connectivity index (χ0) is 24.7. The first-order chi connectivity index (χ1) is 17.0. The highest BCUT2D eigenvalue weighted by atomic mass is 32.2. The molecule has 3 aromatic rings. The molecule has 1 fully saturated rings. The minimum atomic E-state index is -3.42. The number of benzene rings is 3. The molecule has 7 nitrogen and oxygen atoms in total. The number of piperazine rings is 1. The van der Waals surface area contributed by atoms with E-state index in [1.165, 1.54) is 4.31 Å². The number of amides is 1. The predicted octanol–water partition coefficient (Wildman–Crippen LogP) is 3.05. The van der Waals surface area contributed by atoms with Gasteiger partial charge < -0.3 is 9.64 Å². The molecule has 35 heavy (non-hydrogen) atoms. The van der Waals surface area contributed by atoms with Gasteiger partial charge in [0.2, 0.25) is 15.9 Å². The Morgan fingerprint density at radius 2 is 1.43 bits per heavy atom. The van der Waals surface area contributed by atoms with Crippen LogP contribution in [0.15, 0.2) is 84.9 Å². The first kappa shape index (κ1) is 24.9. The lowest BCUT2D eigenvalue weighted by molar-refractivity contribution is -0.131. The van der Waals surface area contributed by atoms with Gasteiger partial charge in [0.15, 0.2) is 0 Å². The Kier molecular flexibility index (Phi) is 8.17. The fraction of sp³-hybridized carbons (Fsp3) is 0.296. The van der Waals surface area contributed by atoms with E-state index < -0.39 is 10.0 Å². The third-order valence-corrected chi connectivity index (χ3v) is 8.07. The number of hydrogen-bond donors (Lipinski definition) is 1. The van der Waals surface area contributed by atoms with Crippen molar-refractivity contribution in [3.05, 3.63) is 102 Å². The summed E-state index contributed by atoms with van der Waals surface area (Å²) in [7, 11) is -1.79. The fourth-order valence-electron chi connectivity index (χ4n) is 4.26. The molecule has 0 unspecified atom stereocenters. The summed E-state index contributed by atoms with van der Waals surface area (Å²) in [5.41, 5.74) is 2.85. The second-order valence-electron chi connectivity index (χ2n) is 8.52. The van der Waals surface area contributed by atoms with Crippen LogP contribution in [0.1, 0.15) is 22.7 Å². The first-order valence-corrected chi connectivity index (χ1v) is 13.3. The predicted molar refractivity (Wildman–Crippen MR) is 137 cm³/mol. The molecule has 8 heteroatoms. The molecule has 0 aliphatic carbocycles. The summed E-state index contributed by atoms with van der Waals surface area (Å²) >= 11 is 0. The number of carbonyl (C=O) groups is 1. The van der Waals surface area contributed by atoms with Gasteiger partial charge in [0.1, 0.15) is 5.75 Å². The number of hydrogen-bond acceptors (Lipinski definition) is 5. The summed E-state index contributed by atoms with van der Waals surface area (Å²) in [6.45, 7) is 1.53. The van der Waals surface area contributed by atoms with Gasteiger partial charge in [0, 0.05) is 26.2 Å². The van der Waals surface area contributed by atoms with Gasteiger partial charge in [-0.2, -0.15) is 4.31 Å². The van der Waals surface area contributed by atoms with Crippen molar-refractivity contribution in [3.63, 3.8) is 0 Å². The highest BCUT2D eigenvalue weighted by molar-refractivity contribution is 7.88. The molecule has 1 aliphatic rings. The highest BCUT2D eigenvalue weighted by Gasteiger charge is 2.29. The minimum absolute atomic E-state index is 0.0239. The van der Waals surface area contributed by atoms with Crippen molar-refractivity contribution in [2.45, 2.75) is 11.8 Å². The molecule has 1 saturated heterocycles. The molecule has 0 radical (unpaired) electrons. The van der Waals surface area contributed by atoms with Crippen molar-refractivity contribution < 1.29 is 17.9 Å². The summed E-state index contributed by atoms with van der Waals surface area (Å²) < 4.78 is 32.4. The lowest BCUT2D eigenvalue weighted by atomic mass is 9.98. The van der Waals surface area contributed by atoms with E-state index in [1.54, 1.807) is 12.0 Å². The summed E-state index contributed by atoms with van der Waals surface area (Å²) in [5, 5.41) is 3.40. The second-order valence-corrected chi connectivity index (χ2v) is 10.5. The molecule has 4 rings (SSSR count). The Balaban J connectivity index is 1.35. The number of nitrogens with one attached hydrogen (secondary N) is 1. The fourth-order valence-corrected chi connectivity index (χ4v) is 5.78. The van der Waals surface area contributed by atoms with E-state index >= 15 is 0 Å². The largest absolute Gasteiger partial charge is 0.497 e. The number of ether oxygens (including phenoxy) is 1. The second kappa shape index (κ2) is 11.5. The molecule has 0 bridgehead atoms. The van der Waals surface area contributed by atoms with Gasteiger partial charge in [-0.15, -0.1) is 0 Å². The van der Waals surface area contributed by atoms with E-state index in [4.69, 9.17) is 4.74 Å². The minimum Gasteiger partial charge on any atom is -0.497 e. The van der Waals surface area contributed by atoms with Crippen molar-refractivity contribution in [3.8, 4) is 5.75 Å². The zero-order valence-electron chi connectivity index (χ0n) is 19.8. The van der Waals surface area contributed by atoms with Crippen LogP contribution in [-0.2, 0) is 20.6 Å². The van der Waals surface area contributed by atoms with Gasteiger partial charge in [-0.3, -0.25) is 10.1 Å². The van der Waals surface area contributed by atoms with Crippen molar-refractivity contribution in [1.82, 2.24) is 14.5 Å². The average molecular weight is 494 g/mol. The average Bonchev–Trinajstić information content (AvgIpc) is 2.90. The quantitative estimate of drug-likeness (QED) is 0.496. The van der Waals surface area contributed by atoms with E-state index in [-0.39, 0.29) is 24.2 Å². The van der Waals surface area contributed by atoms with Gasteiger partial charge in [0.05, 0.1) is 25.4 Å². The molecule has 1 heterocycles. The molecular weight excluding hydrogens is 462 g/mol. The standard InChI is InChI=1S/C27H31N3O4S/c1-34-25-14-12-24(13-15-25)27(23-10-6-3-7-11-23)28-20-26(31)29-16-18-30(19-17-29)35(32,33)21-22-8-4-2-5-9-22/h2-15,27-28H,16-21H2,1H3/t27-/m1/s1. The van der Waals surface area contributed by atoms with Crippen LogP contribution in [0.25, 0.3) is 0 Å². The number of rotatable bonds is 9. The molecule has 1 amide bonds. The number of nitrogens with zero attached hydrogens (tertiary/aromatic N) is 2. The molecule has 1 atom stereocenters. The maximum Gasteiger partial charge on any atom is 0.236 e. The monoisotopic (exact) mass is 493 g/mol. The lowest BCUT2D eigenvalue weighted by Crippen LogP contribution is -2.52. The molecule has 0 aromatic heterocycles. The normalized spacial score (nSPS) is 15.5. The van der Waals surface area contributed by atoms with Crippen LogP contribution in [0.3, 0.4) is 0 Å². The summed E-state index contributed by atoms with van der Waals surface area (Å²) in [5.74, 6) is 0.709. The van der Waals surface area contributed by atoms with E-state index in [0.29, 0.717) is 26.2 Å². The molecule has 3 aromatic carbocycles. The number of carbonyl (C=O) groups excluding carboxylic acids is 1. The van der Waals surface area contributed by atoms with Gasteiger partial charge in [-0.05, 0) is 28.8 Å². The van der Waals surface area contributed by atoms with E-state index in [1.807, 2.05) is 84.9 Å². The Morgan fingerprint density at radius 3 is 2.03 bits per heavy atom. The van der Waals surface area contributed by atoms with Crippen molar-refractivity contribution >= 4 is 15.9 Å². The van der Waals surface area contributed by atoms with Crippen LogP contribution in [0.5, 0.6) is 5.75 Å². The van der Waals surface area contributed by atoms with Crippen LogP contribution in [0.4, 0.5) is 0 Å². The van der Waals surface area contributed by atoms with Crippen LogP contribution >= 0.6 is 0 Å².